The molecule has 0 aliphatic rings. The summed E-state index contributed by atoms with van der Waals surface area (Å²) in [5.41, 5.74) is 4.76. The first-order chi connectivity index (χ1) is 12.4. The monoisotopic (exact) mass is 347 g/mol. The lowest BCUT2D eigenvalue weighted by atomic mass is 9.96. The number of amides is 1. The van der Waals surface area contributed by atoms with Crippen molar-refractivity contribution in [1.29, 1.82) is 0 Å². The second-order valence-corrected chi connectivity index (χ2v) is 7.36. The fourth-order valence-corrected chi connectivity index (χ4v) is 3.21. The molecule has 0 atom stereocenters. The third-order valence-corrected chi connectivity index (χ3v) is 4.24. The lowest BCUT2D eigenvalue weighted by Crippen LogP contribution is -2.40. The van der Waals surface area contributed by atoms with Gasteiger partial charge in [0.25, 0.3) is 5.91 Å². The lowest BCUT2D eigenvalue weighted by Gasteiger charge is -2.22. The fraction of sp³-hybridized carbons (Fsp3) is 0.200. The maximum absolute atomic E-state index is 13.1. The van der Waals surface area contributed by atoms with Gasteiger partial charge in [-0.3, -0.25) is 9.89 Å². The molecule has 0 spiro atoms. The van der Waals surface area contributed by atoms with E-state index in [2.05, 4.69) is 25.5 Å². The Morgan fingerprint density at radius 2 is 1.77 bits per heavy atom. The first kappa shape index (κ1) is 16.2. The molecule has 0 aliphatic carbocycles. The van der Waals surface area contributed by atoms with Crippen molar-refractivity contribution in [2.75, 3.05) is 0 Å². The van der Waals surface area contributed by atoms with E-state index in [9.17, 15) is 4.79 Å². The molecule has 26 heavy (non-hydrogen) atoms. The van der Waals surface area contributed by atoms with E-state index in [1.165, 1.54) is 0 Å². The van der Waals surface area contributed by atoms with E-state index < -0.39 is 0 Å². The van der Waals surface area contributed by atoms with Gasteiger partial charge in [-0.2, -0.15) is 5.10 Å². The zero-order chi connectivity index (χ0) is 18.3. The second-order valence-electron chi connectivity index (χ2n) is 7.36. The minimum atomic E-state index is -0.326. The first-order valence-corrected chi connectivity index (χ1v) is 8.54. The lowest BCUT2D eigenvalue weighted by molar-refractivity contribution is 0.0922. The Balaban J connectivity index is 1.93. The SMILES string of the molecule is CC(C)(C)NC(=O)c1c(-c2[nH]ccc2-c2cc[nH]n2)ccc2[nH]ccc12. The highest BCUT2D eigenvalue weighted by atomic mass is 16.1. The van der Waals surface area contributed by atoms with Crippen molar-refractivity contribution in [3.8, 4) is 22.5 Å². The van der Waals surface area contributed by atoms with E-state index in [1.54, 1.807) is 6.20 Å². The van der Waals surface area contributed by atoms with Gasteiger partial charge in [0.15, 0.2) is 0 Å². The summed E-state index contributed by atoms with van der Waals surface area (Å²) in [5.74, 6) is -0.0970. The average molecular weight is 347 g/mol. The summed E-state index contributed by atoms with van der Waals surface area (Å²) in [7, 11) is 0. The Kier molecular flexibility index (Phi) is 3.68. The summed E-state index contributed by atoms with van der Waals surface area (Å²) >= 11 is 0. The highest BCUT2D eigenvalue weighted by molar-refractivity contribution is 6.12. The summed E-state index contributed by atoms with van der Waals surface area (Å²) in [4.78, 5) is 19.6. The molecule has 0 saturated heterocycles. The molecule has 4 aromatic rings. The molecule has 3 aromatic heterocycles. The van der Waals surface area contributed by atoms with Gasteiger partial charge in [0.1, 0.15) is 0 Å². The quantitative estimate of drug-likeness (QED) is 0.450. The molecule has 1 amide bonds. The van der Waals surface area contributed by atoms with Crippen LogP contribution in [0.3, 0.4) is 0 Å². The van der Waals surface area contributed by atoms with Gasteiger partial charge < -0.3 is 15.3 Å². The van der Waals surface area contributed by atoms with Crippen LogP contribution in [-0.2, 0) is 0 Å². The standard InChI is InChI=1S/C20H21N5O/c1-20(2,3)24-19(26)17-12-6-9-21-15(12)5-4-14(17)18-13(7-10-22-18)16-8-11-23-25-16/h4-11,21-22H,1-3H3,(H,23,25)(H,24,26). The molecule has 3 heterocycles. The number of rotatable bonds is 3. The molecule has 0 fully saturated rings. The van der Waals surface area contributed by atoms with Crippen LogP contribution < -0.4 is 5.32 Å². The minimum absolute atomic E-state index is 0.0970. The van der Waals surface area contributed by atoms with E-state index in [0.29, 0.717) is 5.56 Å². The molecule has 1 aromatic carbocycles. The van der Waals surface area contributed by atoms with Gasteiger partial charge in [0.2, 0.25) is 0 Å². The Morgan fingerprint density at radius 3 is 2.50 bits per heavy atom. The van der Waals surface area contributed by atoms with Gasteiger partial charge in [-0.25, -0.2) is 0 Å². The molecule has 6 nitrogen and oxygen atoms in total. The minimum Gasteiger partial charge on any atom is -0.361 e. The van der Waals surface area contributed by atoms with Crippen LogP contribution in [0.2, 0.25) is 0 Å². The summed E-state index contributed by atoms with van der Waals surface area (Å²) in [6, 6.07) is 9.79. The number of hydrogen-bond donors (Lipinski definition) is 4. The number of H-pyrrole nitrogens is 3. The molecule has 0 radical (unpaired) electrons. The average Bonchev–Trinajstić information content (AvgIpc) is 3.31. The van der Waals surface area contributed by atoms with Crippen molar-refractivity contribution < 1.29 is 4.79 Å². The highest BCUT2D eigenvalue weighted by Gasteiger charge is 2.23. The second kappa shape index (κ2) is 5.91. The fourth-order valence-electron chi connectivity index (χ4n) is 3.21. The van der Waals surface area contributed by atoms with Gasteiger partial charge in [-0.15, -0.1) is 0 Å². The van der Waals surface area contributed by atoms with Crippen molar-refractivity contribution in [3.05, 3.63) is 54.5 Å². The summed E-state index contributed by atoms with van der Waals surface area (Å²) in [6.45, 7) is 5.93. The topological polar surface area (TPSA) is 89.4 Å². The zero-order valence-electron chi connectivity index (χ0n) is 15.0. The van der Waals surface area contributed by atoms with Gasteiger partial charge in [-0.05, 0) is 51.1 Å². The van der Waals surface area contributed by atoms with Gasteiger partial charge >= 0.3 is 0 Å². The van der Waals surface area contributed by atoms with E-state index in [-0.39, 0.29) is 11.4 Å². The molecular weight excluding hydrogens is 326 g/mol. The Bertz CT molecular complexity index is 1060. The van der Waals surface area contributed by atoms with E-state index >= 15 is 0 Å². The molecular formula is C20H21N5O. The van der Waals surface area contributed by atoms with Crippen LogP contribution in [0.5, 0.6) is 0 Å². The van der Waals surface area contributed by atoms with Crippen LogP contribution >= 0.6 is 0 Å². The number of carbonyl (C=O) groups is 1. The third kappa shape index (κ3) is 2.79. The zero-order valence-corrected chi connectivity index (χ0v) is 15.0. The van der Waals surface area contributed by atoms with Crippen LogP contribution in [0, 0.1) is 0 Å². The predicted molar refractivity (Wildman–Crippen MR) is 103 cm³/mol. The number of aromatic nitrogens is 4. The van der Waals surface area contributed by atoms with Crippen LogP contribution in [0.1, 0.15) is 31.1 Å². The van der Waals surface area contributed by atoms with Crippen molar-refractivity contribution in [2.24, 2.45) is 0 Å². The molecule has 0 unspecified atom stereocenters. The third-order valence-electron chi connectivity index (χ3n) is 4.24. The van der Waals surface area contributed by atoms with Crippen LogP contribution in [0.4, 0.5) is 0 Å². The van der Waals surface area contributed by atoms with Crippen LogP contribution in [-0.4, -0.2) is 31.6 Å². The Hall–Kier alpha value is -3.28. The Labute approximate surface area is 151 Å². The summed E-state index contributed by atoms with van der Waals surface area (Å²) in [5, 5.41) is 11.1. The van der Waals surface area contributed by atoms with Crippen molar-refractivity contribution in [1.82, 2.24) is 25.5 Å². The molecule has 0 bridgehead atoms. The number of hydrogen-bond acceptors (Lipinski definition) is 2. The number of fused-ring (bicyclic) bond motifs is 1. The van der Waals surface area contributed by atoms with Crippen molar-refractivity contribution in [3.63, 3.8) is 0 Å². The number of aromatic amines is 3. The first-order valence-electron chi connectivity index (χ1n) is 8.54. The Morgan fingerprint density at radius 1 is 0.962 bits per heavy atom. The largest absolute Gasteiger partial charge is 0.361 e. The molecule has 6 heteroatoms. The summed E-state index contributed by atoms with van der Waals surface area (Å²) < 4.78 is 0. The van der Waals surface area contributed by atoms with Crippen molar-refractivity contribution in [2.45, 2.75) is 26.3 Å². The van der Waals surface area contributed by atoms with Gasteiger partial charge in [0.05, 0.1) is 17.0 Å². The van der Waals surface area contributed by atoms with E-state index in [1.807, 2.05) is 63.5 Å². The number of carbonyl (C=O) groups excluding carboxylic acids is 1. The summed E-state index contributed by atoms with van der Waals surface area (Å²) in [6.07, 6.45) is 5.51. The van der Waals surface area contributed by atoms with E-state index in [4.69, 9.17) is 0 Å². The molecule has 4 rings (SSSR count). The van der Waals surface area contributed by atoms with Crippen molar-refractivity contribution >= 4 is 16.8 Å². The van der Waals surface area contributed by atoms with Gasteiger partial charge in [-0.1, -0.05) is 0 Å². The normalized spacial score (nSPS) is 11.8. The molecule has 0 saturated carbocycles. The number of nitrogens with zero attached hydrogens (tertiary/aromatic N) is 1. The maximum atomic E-state index is 13.1. The molecule has 4 N–H and O–H groups in total. The smallest absolute Gasteiger partial charge is 0.253 e. The highest BCUT2D eigenvalue weighted by Crippen LogP contribution is 2.35. The number of nitrogens with one attached hydrogen (secondary N) is 4. The van der Waals surface area contributed by atoms with E-state index in [0.717, 1.165) is 33.4 Å². The predicted octanol–water partition coefficient (Wildman–Crippen LogP) is 4.08. The van der Waals surface area contributed by atoms with Gasteiger partial charge in [0, 0.05) is 46.2 Å². The number of benzene rings is 1. The molecule has 132 valence electrons. The molecule has 0 aliphatic heterocycles. The van der Waals surface area contributed by atoms with Crippen LogP contribution in [0.15, 0.2) is 48.9 Å². The maximum Gasteiger partial charge on any atom is 0.253 e. The van der Waals surface area contributed by atoms with Crippen LogP contribution in [0.25, 0.3) is 33.4 Å².